The molecule has 10 nitrogen and oxygen atoms in total. The molecule has 0 aliphatic carbocycles. The molecule has 0 aromatic heterocycles. The Bertz CT molecular complexity index is 1390. The van der Waals surface area contributed by atoms with Crippen molar-refractivity contribution in [2.75, 3.05) is 38.8 Å². The molecule has 0 aliphatic rings. The molecule has 0 saturated carbocycles. The van der Waals surface area contributed by atoms with Crippen molar-refractivity contribution >= 4 is 27.8 Å². The van der Waals surface area contributed by atoms with Gasteiger partial charge in [0.1, 0.15) is 24.7 Å². The lowest BCUT2D eigenvalue weighted by Crippen LogP contribution is -2.39. The Kier molecular flexibility index (Phi) is 9.72. The summed E-state index contributed by atoms with van der Waals surface area (Å²) in [6.45, 7) is 3.37. The van der Waals surface area contributed by atoms with Gasteiger partial charge in [-0.2, -0.15) is 5.10 Å². The number of nitrogens with zero attached hydrogens (tertiary/aromatic N) is 2. The molecule has 3 aromatic carbocycles. The second-order valence-corrected chi connectivity index (χ2v) is 9.53. The van der Waals surface area contributed by atoms with Crippen LogP contribution in [-0.2, 0) is 14.8 Å². The third-order valence-corrected chi connectivity index (χ3v) is 7.00. The monoisotopic (exact) mass is 539 g/mol. The van der Waals surface area contributed by atoms with Crippen molar-refractivity contribution in [3.63, 3.8) is 0 Å². The molecule has 0 bridgehead atoms. The smallest absolute Gasteiger partial charge is 0.264 e. The average molecular weight is 540 g/mol. The normalized spacial score (nSPS) is 11.0. The first-order valence-corrected chi connectivity index (χ1v) is 12.8. The Balaban J connectivity index is 1.85. The zero-order chi connectivity index (χ0) is 27.5. The summed E-state index contributed by atoms with van der Waals surface area (Å²) in [6, 6.07) is 17.5. The molecule has 1 amide bonds. The summed E-state index contributed by atoms with van der Waals surface area (Å²) in [5, 5.41) is 3.97. The third kappa shape index (κ3) is 6.83. The van der Waals surface area contributed by atoms with Crippen LogP contribution in [0.2, 0.25) is 0 Å². The number of sulfonamides is 1. The summed E-state index contributed by atoms with van der Waals surface area (Å²) in [6.07, 6.45) is 3.02. The van der Waals surface area contributed by atoms with Crippen molar-refractivity contribution in [3.05, 3.63) is 84.9 Å². The fourth-order valence-electron chi connectivity index (χ4n) is 3.39. The first kappa shape index (κ1) is 28.1. The van der Waals surface area contributed by atoms with E-state index in [1.807, 2.05) is 0 Å². The van der Waals surface area contributed by atoms with Crippen LogP contribution < -0.4 is 28.7 Å². The molecule has 0 radical (unpaired) electrons. The van der Waals surface area contributed by atoms with E-state index in [-0.39, 0.29) is 16.3 Å². The number of hydrogen-bond donors (Lipinski definition) is 1. The number of carbonyl (C=O) groups is 1. The zero-order valence-corrected chi connectivity index (χ0v) is 22.1. The van der Waals surface area contributed by atoms with Gasteiger partial charge in [0.2, 0.25) is 0 Å². The fraction of sp³-hybridized carbons (Fsp3) is 0.185. The van der Waals surface area contributed by atoms with Crippen molar-refractivity contribution in [3.8, 4) is 23.0 Å². The predicted octanol–water partition coefficient (Wildman–Crippen LogP) is 3.62. The van der Waals surface area contributed by atoms with E-state index >= 15 is 0 Å². The van der Waals surface area contributed by atoms with Crippen molar-refractivity contribution in [2.24, 2.45) is 5.10 Å². The Morgan fingerprint density at radius 3 is 2.34 bits per heavy atom. The van der Waals surface area contributed by atoms with Gasteiger partial charge in [0.05, 0.1) is 38.1 Å². The van der Waals surface area contributed by atoms with Crippen LogP contribution in [0.15, 0.2) is 89.4 Å². The number of carbonyl (C=O) groups excluding carboxylic acids is 1. The lowest BCUT2D eigenvalue weighted by molar-refractivity contribution is -0.119. The van der Waals surface area contributed by atoms with Gasteiger partial charge in [-0.3, -0.25) is 9.10 Å². The molecule has 0 atom stereocenters. The molecule has 3 rings (SSSR count). The van der Waals surface area contributed by atoms with Gasteiger partial charge < -0.3 is 18.9 Å². The summed E-state index contributed by atoms with van der Waals surface area (Å²) in [5.74, 6) is 1.02. The highest BCUT2D eigenvalue weighted by Crippen LogP contribution is 2.35. The minimum Gasteiger partial charge on any atom is -0.497 e. The Morgan fingerprint density at radius 1 is 0.947 bits per heavy atom. The zero-order valence-electron chi connectivity index (χ0n) is 21.3. The van der Waals surface area contributed by atoms with E-state index in [0.29, 0.717) is 29.4 Å². The number of anilines is 1. The summed E-state index contributed by atoms with van der Waals surface area (Å²) >= 11 is 0. The van der Waals surface area contributed by atoms with Crippen LogP contribution in [0.3, 0.4) is 0 Å². The molecule has 0 aliphatic heterocycles. The maximum atomic E-state index is 13.6. The van der Waals surface area contributed by atoms with Crippen molar-refractivity contribution < 1.29 is 32.2 Å². The maximum absolute atomic E-state index is 13.6. The van der Waals surface area contributed by atoms with E-state index in [2.05, 4.69) is 17.1 Å². The summed E-state index contributed by atoms with van der Waals surface area (Å²) < 4.78 is 49.5. The fourth-order valence-corrected chi connectivity index (χ4v) is 4.84. The van der Waals surface area contributed by atoms with E-state index in [4.69, 9.17) is 18.9 Å². The molecular weight excluding hydrogens is 510 g/mol. The van der Waals surface area contributed by atoms with E-state index in [1.54, 1.807) is 48.5 Å². The second kappa shape index (κ2) is 13.2. The summed E-state index contributed by atoms with van der Waals surface area (Å²) in [7, 11) is 0.253. The molecule has 3 aromatic rings. The highest BCUT2D eigenvalue weighted by molar-refractivity contribution is 7.92. The lowest BCUT2D eigenvalue weighted by atomic mass is 10.2. The standard InChI is InChI=1S/C27H29N3O7S/c1-5-15-37-24-14-11-20(16-26(24)36-4)18-28-29-27(31)19-30(38(32,33)22-9-7-6-8-10-22)23-13-12-21(34-2)17-25(23)35-3/h5-14,16-18H,1,15,19H2,2-4H3,(H,29,31)/b28-18-. The maximum Gasteiger partial charge on any atom is 0.264 e. The van der Waals surface area contributed by atoms with Gasteiger partial charge in [0.15, 0.2) is 11.5 Å². The first-order valence-electron chi connectivity index (χ1n) is 11.4. The number of nitrogens with one attached hydrogen (secondary N) is 1. The van der Waals surface area contributed by atoms with E-state index < -0.39 is 22.5 Å². The van der Waals surface area contributed by atoms with Gasteiger partial charge in [-0.1, -0.05) is 30.9 Å². The average Bonchev–Trinajstić information content (AvgIpc) is 2.95. The minimum absolute atomic E-state index is 0.0139. The molecular formula is C27H29N3O7S. The van der Waals surface area contributed by atoms with Crippen LogP contribution in [0.1, 0.15) is 5.56 Å². The van der Waals surface area contributed by atoms with Crippen LogP contribution >= 0.6 is 0 Å². The molecule has 200 valence electrons. The van der Waals surface area contributed by atoms with Crippen molar-refractivity contribution in [1.82, 2.24) is 5.43 Å². The summed E-state index contributed by atoms with van der Waals surface area (Å²) in [5.41, 5.74) is 3.16. The highest BCUT2D eigenvalue weighted by atomic mass is 32.2. The predicted molar refractivity (Wildman–Crippen MR) is 145 cm³/mol. The van der Waals surface area contributed by atoms with Crippen molar-refractivity contribution in [2.45, 2.75) is 4.90 Å². The number of rotatable bonds is 13. The minimum atomic E-state index is -4.14. The Labute approximate surface area is 222 Å². The lowest BCUT2D eigenvalue weighted by Gasteiger charge is -2.25. The number of hydrogen-bond acceptors (Lipinski definition) is 8. The van der Waals surface area contributed by atoms with Crippen LogP contribution in [0.5, 0.6) is 23.0 Å². The van der Waals surface area contributed by atoms with Crippen LogP contribution in [0, 0.1) is 0 Å². The van der Waals surface area contributed by atoms with Gasteiger partial charge in [-0.25, -0.2) is 13.8 Å². The molecule has 0 fully saturated rings. The molecule has 38 heavy (non-hydrogen) atoms. The number of hydrazone groups is 1. The third-order valence-electron chi connectivity index (χ3n) is 5.22. The van der Waals surface area contributed by atoms with Crippen molar-refractivity contribution in [1.29, 1.82) is 0 Å². The van der Waals surface area contributed by atoms with E-state index in [0.717, 1.165) is 4.31 Å². The number of ether oxygens (including phenoxy) is 4. The molecule has 11 heteroatoms. The summed E-state index contributed by atoms with van der Waals surface area (Å²) in [4.78, 5) is 12.9. The van der Waals surface area contributed by atoms with E-state index in [1.165, 1.54) is 51.8 Å². The van der Waals surface area contributed by atoms with Gasteiger partial charge in [-0.15, -0.1) is 0 Å². The van der Waals surface area contributed by atoms with Gasteiger partial charge in [0.25, 0.3) is 15.9 Å². The topological polar surface area (TPSA) is 116 Å². The molecule has 1 N–H and O–H groups in total. The Morgan fingerprint density at radius 2 is 1.68 bits per heavy atom. The molecule has 0 heterocycles. The first-order chi connectivity index (χ1) is 18.3. The second-order valence-electron chi connectivity index (χ2n) is 7.67. The van der Waals surface area contributed by atoms with E-state index in [9.17, 15) is 13.2 Å². The number of amides is 1. The van der Waals surface area contributed by atoms with Gasteiger partial charge >= 0.3 is 0 Å². The van der Waals surface area contributed by atoms with Gasteiger partial charge in [0, 0.05) is 6.07 Å². The molecule has 0 unspecified atom stereocenters. The Hall–Kier alpha value is -4.51. The SMILES string of the molecule is C=CCOc1ccc(/C=N\NC(=O)CN(c2ccc(OC)cc2OC)S(=O)(=O)c2ccccc2)cc1OC. The largest absolute Gasteiger partial charge is 0.497 e. The van der Waals surface area contributed by atoms with Crippen LogP contribution in [-0.4, -0.2) is 55.0 Å². The highest BCUT2D eigenvalue weighted by Gasteiger charge is 2.29. The van der Waals surface area contributed by atoms with Crippen LogP contribution in [0.25, 0.3) is 0 Å². The molecule has 0 spiro atoms. The van der Waals surface area contributed by atoms with Gasteiger partial charge in [-0.05, 0) is 48.0 Å². The quantitative estimate of drug-likeness (QED) is 0.200. The number of benzene rings is 3. The number of methoxy groups -OCH3 is 3. The molecule has 0 saturated heterocycles. The van der Waals surface area contributed by atoms with Crippen LogP contribution in [0.4, 0.5) is 5.69 Å².